The zero-order valence-electron chi connectivity index (χ0n) is 13.9. The Morgan fingerprint density at radius 1 is 1.12 bits per heavy atom. The number of benzene rings is 2. The average molecular weight is 384 g/mol. The maximum absolute atomic E-state index is 12.6. The van der Waals surface area contributed by atoms with Gasteiger partial charge in [0.25, 0.3) is 10.0 Å². The number of nitrogens with zero attached hydrogens (tertiary/aromatic N) is 1. The van der Waals surface area contributed by atoms with Crippen LogP contribution in [0, 0.1) is 6.92 Å². The lowest BCUT2D eigenvalue weighted by molar-refractivity contribution is 0.473. The maximum Gasteiger partial charge on any atom is 0.286 e. The third-order valence-electron chi connectivity index (χ3n) is 4.32. The Morgan fingerprint density at radius 2 is 1.92 bits per heavy atom. The number of rotatable bonds is 3. The van der Waals surface area contributed by atoms with Gasteiger partial charge >= 0.3 is 0 Å². The van der Waals surface area contributed by atoms with Gasteiger partial charge in [0.1, 0.15) is 10.6 Å². The number of sulfonamides is 1. The van der Waals surface area contributed by atoms with Crippen LogP contribution in [0.25, 0.3) is 0 Å². The molecule has 1 aliphatic rings. The number of anilines is 1. The largest absolute Gasteiger partial charge is 0.508 e. The number of hydrogen-bond donors (Lipinski definition) is 2. The molecule has 5 nitrogen and oxygen atoms in total. The van der Waals surface area contributed by atoms with Crippen LogP contribution in [-0.2, 0) is 16.4 Å². The third-order valence-corrected chi connectivity index (χ3v) is 6.55. The Balaban J connectivity index is 1.79. The van der Waals surface area contributed by atoms with E-state index in [-0.39, 0.29) is 10.6 Å². The fraction of sp³-hybridized carbons (Fsp3) is 0.105. The van der Waals surface area contributed by atoms with E-state index < -0.39 is 10.0 Å². The van der Waals surface area contributed by atoms with E-state index in [1.807, 2.05) is 24.3 Å². The number of aromatic hydroxyl groups is 1. The first-order valence-electron chi connectivity index (χ1n) is 7.99. The molecule has 1 aliphatic heterocycles. The molecule has 0 unspecified atom stereocenters. The maximum atomic E-state index is 12.6. The van der Waals surface area contributed by atoms with Gasteiger partial charge in [0, 0.05) is 11.6 Å². The first kappa shape index (κ1) is 16.8. The van der Waals surface area contributed by atoms with Crippen molar-refractivity contribution < 1.29 is 13.5 Å². The van der Waals surface area contributed by atoms with Crippen LogP contribution < -0.4 is 5.32 Å². The Labute approximate surface area is 155 Å². The number of thiophene rings is 1. The highest BCUT2D eigenvalue weighted by Crippen LogP contribution is 2.32. The van der Waals surface area contributed by atoms with Crippen molar-refractivity contribution in [2.24, 2.45) is 4.40 Å². The average Bonchev–Trinajstić information content (AvgIpc) is 3.00. The van der Waals surface area contributed by atoms with E-state index in [1.54, 1.807) is 17.4 Å². The number of phenols is 1. The monoisotopic (exact) mass is 384 g/mol. The van der Waals surface area contributed by atoms with Gasteiger partial charge < -0.3 is 10.4 Å². The van der Waals surface area contributed by atoms with Crippen LogP contribution in [0.15, 0.2) is 62.5 Å². The van der Waals surface area contributed by atoms with Crippen molar-refractivity contribution in [3.05, 3.63) is 75.5 Å². The van der Waals surface area contributed by atoms with E-state index in [1.165, 1.54) is 23.3 Å². The molecule has 0 atom stereocenters. The van der Waals surface area contributed by atoms with E-state index >= 15 is 0 Å². The van der Waals surface area contributed by atoms with Gasteiger partial charge in [-0.25, -0.2) is 0 Å². The molecule has 132 valence electrons. The molecule has 1 aromatic heterocycles. The van der Waals surface area contributed by atoms with Gasteiger partial charge in [0.2, 0.25) is 0 Å². The fourth-order valence-corrected chi connectivity index (χ4v) is 4.95. The van der Waals surface area contributed by atoms with Gasteiger partial charge in [0.15, 0.2) is 5.84 Å². The zero-order valence-corrected chi connectivity index (χ0v) is 15.6. The van der Waals surface area contributed by atoms with Gasteiger partial charge in [0.05, 0.1) is 5.69 Å². The number of fused-ring (bicyclic) bond motifs is 1. The molecule has 3 aromatic rings. The molecular weight excluding hydrogens is 368 g/mol. The van der Waals surface area contributed by atoms with Crippen LogP contribution in [0.1, 0.15) is 22.3 Å². The second-order valence-electron chi connectivity index (χ2n) is 6.13. The minimum atomic E-state index is -3.88. The van der Waals surface area contributed by atoms with Crippen LogP contribution >= 0.6 is 11.3 Å². The van der Waals surface area contributed by atoms with E-state index in [0.717, 1.165) is 11.1 Å². The lowest BCUT2D eigenvalue weighted by Crippen LogP contribution is -2.23. The summed E-state index contributed by atoms with van der Waals surface area (Å²) in [5.74, 6) is 0.188. The first-order valence-corrected chi connectivity index (χ1v) is 10.4. The summed E-state index contributed by atoms with van der Waals surface area (Å²) in [4.78, 5) is -0.0209. The molecule has 0 saturated carbocycles. The summed E-state index contributed by atoms with van der Waals surface area (Å²) in [6, 6.07) is 11.8. The Morgan fingerprint density at radius 3 is 2.69 bits per heavy atom. The summed E-state index contributed by atoms with van der Waals surface area (Å²) in [5, 5.41) is 16.9. The Kier molecular flexibility index (Phi) is 4.05. The second kappa shape index (κ2) is 6.26. The number of amidine groups is 1. The summed E-state index contributed by atoms with van der Waals surface area (Å²) < 4.78 is 29.1. The number of aryl methyl sites for hydroxylation is 1. The normalized spacial score (nSPS) is 15.0. The van der Waals surface area contributed by atoms with Crippen LogP contribution in [0.4, 0.5) is 5.69 Å². The minimum Gasteiger partial charge on any atom is -0.508 e. The van der Waals surface area contributed by atoms with Gasteiger partial charge in [-0.3, -0.25) is 0 Å². The Bertz CT molecular complexity index is 1130. The molecular formula is C19H16N2O3S2. The lowest BCUT2D eigenvalue weighted by atomic mass is 9.99. The van der Waals surface area contributed by atoms with Crippen LogP contribution in [-0.4, -0.2) is 19.4 Å². The molecule has 0 saturated heterocycles. The molecule has 2 aromatic carbocycles. The van der Waals surface area contributed by atoms with Gasteiger partial charge in [-0.2, -0.15) is 19.8 Å². The van der Waals surface area contributed by atoms with Crippen molar-refractivity contribution in [2.45, 2.75) is 18.2 Å². The molecule has 2 N–H and O–H groups in total. The quantitative estimate of drug-likeness (QED) is 0.671. The molecule has 26 heavy (non-hydrogen) atoms. The predicted octanol–water partition coefficient (Wildman–Crippen LogP) is 3.91. The predicted molar refractivity (Wildman–Crippen MR) is 104 cm³/mol. The molecule has 7 heteroatoms. The highest BCUT2D eigenvalue weighted by atomic mass is 32.2. The minimum absolute atomic E-state index is 0.0209. The van der Waals surface area contributed by atoms with Crippen molar-refractivity contribution in [1.82, 2.24) is 0 Å². The highest BCUT2D eigenvalue weighted by molar-refractivity contribution is 7.90. The number of hydrogen-bond acceptors (Lipinski definition) is 5. The summed E-state index contributed by atoms with van der Waals surface area (Å²) in [6.07, 6.45) is 0.703. The van der Waals surface area contributed by atoms with Crippen LogP contribution in [0.5, 0.6) is 5.75 Å². The highest BCUT2D eigenvalue weighted by Gasteiger charge is 2.27. The summed E-state index contributed by atoms with van der Waals surface area (Å²) in [5.41, 5.74) is 4.59. The number of phenolic OH excluding ortho intramolecular Hbond substituents is 1. The van der Waals surface area contributed by atoms with Crippen molar-refractivity contribution in [3.8, 4) is 5.75 Å². The van der Waals surface area contributed by atoms with Gasteiger partial charge in [-0.05, 0) is 52.9 Å². The van der Waals surface area contributed by atoms with Crippen LogP contribution in [0.2, 0.25) is 0 Å². The standard InChI is InChI=1S/C19H16N2O3S2/c1-12-10-25-11-14(12)8-13-4-2-3-5-16(13)19-20-17-7-6-15(22)9-18(17)26(23,24)21-19/h2-7,9-11,22H,8H2,1H3,(H,20,21). The summed E-state index contributed by atoms with van der Waals surface area (Å²) in [6.45, 7) is 2.07. The van der Waals surface area contributed by atoms with Gasteiger partial charge in [-0.15, -0.1) is 4.40 Å². The first-order chi connectivity index (χ1) is 12.4. The van der Waals surface area contributed by atoms with Crippen LogP contribution in [0.3, 0.4) is 0 Å². The molecule has 0 aliphatic carbocycles. The smallest absolute Gasteiger partial charge is 0.286 e. The zero-order chi connectivity index (χ0) is 18.3. The molecule has 0 spiro atoms. The topological polar surface area (TPSA) is 78.8 Å². The van der Waals surface area contributed by atoms with Crippen molar-refractivity contribution >= 4 is 32.9 Å². The fourth-order valence-electron chi connectivity index (χ4n) is 2.94. The van der Waals surface area contributed by atoms with E-state index in [2.05, 4.69) is 27.4 Å². The SMILES string of the molecule is Cc1cscc1Cc1ccccc1C1=NS(=O)(=O)c2cc(O)ccc2N1. The molecule has 4 rings (SSSR count). The summed E-state index contributed by atoms with van der Waals surface area (Å²) in [7, 11) is -3.88. The summed E-state index contributed by atoms with van der Waals surface area (Å²) >= 11 is 1.65. The number of nitrogens with one attached hydrogen (secondary N) is 1. The molecule has 0 bridgehead atoms. The van der Waals surface area contributed by atoms with E-state index in [4.69, 9.17) is 0 Å². The van der Waals surface area contributed by atoms with Crippen molar-refractivity contribution in [1.29, 1.82) is 0 Å². The molecule has 0 amide bonds. The van der Waals surface area contributed by atoms with Gasteiger partial charge in [-0.1, -0.05) is 24.3 Å². The van der Waals surface area contributed by atoms with Crippen molar-refractivity contribution in [2.75, 3.05) is 5.32 Å². The van der Waals surface area contributed by atoms with Crippen molar-refractivity contribution in [3.63, 3.8) is 0 Å². The third kappa shape index (κ3) is 3.00. The lowest BCUT2D eigenvalue weighted by Gasteiger charge is -2.20. The Hall–Kier alpha value is -2.64. The molecule has 0 fully saturated rings. The van der Waals surface area contributed by atoms with E-state index in [9.17, 15) is 13.5 Å². The van der Waals surface area contributed by atoms with E-state index in [0.29, 0.717) is 17.9 Å². The molecule has 0 radical (unpaired) electrons. The molecule has 2 heterocycles. The second-order valence-corrected chi connectivity index (χ2v) is 8.45.